The van der Waals surface area contributed by atoms with Crippen LogP contribution in [0.2, 0.25) is 23.2 Å². The lowest BCUT2D eigenvalue weighted by Crippen LogP contribution is -2.44. The highest BCUT2D eigenvalue weighted by Crippen LogP contribution is 2.38. The summed E-state index contributed by atoms with van der Waals surface area (Å²) in [4.78, 5) is 9.98. The maximum Gasteiger partial charge on any atom is 0.192 e. The van der Waals surface area contributed by atoms with Gasteiger partial charge in [-0.1, -0.05) is 37.5 Å². The van der Waals surface area contributed by atoms with E-state index in [9.17, 15) is 0 Å². The van der Waals surface area contributed by atoms with Gasteiger partial charge in [-0.05, 0) is 83.8 Å². The van der Waals surface area contributed by atoms with Crippen LogP contribution in [0.3, 0.4) is 0 Å². The van der Waals surface area contributed by atoms with Crippen molar-refractivity contribution in [3.63, 3.8) is 0 Å². The number of anilines is 1. The number of halogens is 1. The highest BCUT2D eigenvalue weighted by molar-refractivity contribution is 6.74. The fraction of sp³-hybridized carbons (Fsp3) is 0.548. The molecule has 1 radical (unpaired) electrons. The Morgan fingerprint density at radius 1 is 1.20 bits per heavy atom. The van der Waals surface area contributed by atoms with Gasteiger partial charge in [-0.15, -0.1) is 0 Å². The number of benzene rings is 1. The summed E-state index contributed by atoms with van der Waals surface area (Å²) in [5.41, 5.74) is 3.99. The van der Waals surface area contributed by atoms with Gasteiger partial charge in [0.25, 0.3) is 0 Å². The first-order valence-corrected chi connectivity index (χ1v) is 17.6. The minimum Gasteiger partial charge on any atom is -0.491 e. The first-order chi connectivity index (χ1) is 19.2. The van der Waals surface area contributed by atoms with E-state index in [-0.39, 0.29) is 23.3 Å². The number of rotatable bonds is 9. The van der Waals surface area contributed by atoms with Crippen molar-refractivity contribution in [2.45, 2.75) is 97.7 Å². The molecule has 1 N–H and O–H groups in total. The van der Waals surface area contributed by atoms with Crippen LogP contribution >= 0.6 is 11.6 Å². The monoisotopic (exact) mass is 599 g/mol. The highest BCUT2D eigenvalue weighted by atomic mass is 35.5. The van der Waals surface area contributed by atoms with Crippen LogP contribution in [0.1, 0.15) is 57.6 Å². The van der Waals surface area contributed by atoms with Gasteiger partial charge >= 0.3 is 0 Å². The molecule has 1 fully saturated rings. The van der Waals surface area contributed by atoms with Crippen molar-refractivity contribution in [2.24, 2.45) is 0 Å². The average molecular weight is 600 g/mol. The van der Waals surface area contributed by atoms with Crippen molar-refractivity contribution in [3.05, 3.63) is 47.2 Å². The number of hydrogen-bond acceptors (Lipinski definition) is 8. The molecule has 0 amide bonds. The largest absolute Gasteiger partial charge is 0.491 e. The Bertz CT molecular complexity index is 1350. The van der Waals surface area contributed by atoms with Crippen molar-refractivity contribution in [3.8, 4) is 28.4 Å². The first kappa shape index (κ1) is 31.5. The number of hydrogen-bond donors (Lipinski definition) is 1. The van der Waals surface area contributed by atoms with E-state index >= 15 is 0 Å². The number of ether oxygens (including phenoxy) is 2. The quantitative estimate of drug-likeness (QED) is 0.248. The van der Waals surface area contributed by atoms with Crippen molar-refractivity contribution in [2.75, 3.05) is 18.5 Å². The Kier molecular flexibility index (Phi) is 9.53. The molecule has 1 aromatic carbocycles. The molecule has 3 atom stereocenters. The molecule has 2 aromatic heterocycles. The average Bonchev–Trinajstić information content (AvgIpc) is 3.21. The van der Waals surface area contributed by atoms with E-state index in [2.05, 4.69) is 58.2 Å². The van der Waals surface area contributed by atoms with E-state index in [1.54, 1.807) is 0 Å². The number of nitrogens with zero attached hydrogens (tertiary/aromatic N) is 3. The summed E-state index contributed by atoms with van der Waals surface area (Å²) in [6.45, 7) is 24.2. The van der Waals surface area contributed by atoms with Gasteiger partial charge in [0.15, 0.2) is 14.1 Å². The van der Waals surface area contributed by atoms with Gasteiger partial charge < -0.3 is 23.7 Å². The van der Waals surface area contributed by atoms with Crippen molar-refractivity contribution in [1.29, 1.82) is 0 Å². The molecule has 223 valence electrons. The molecule has 1 aliphatic rings. The summed E-state index contributed by atoms with van der Waals surface area (Å²) < 4.78 is 23.8. The van der Waals surface area contributed by atoms with E-state index in [1.807, 2.05) is 39.0 Å². The Balaban J connectivity index is 1.67. The normalized spacial score (nSPS) is 18.8. The molecule has 0 saturated carbocycles. The Morgan fingerprint density at radius 3 is 2.56 bits per heavy atom. The van der Waals surface area contributed by atoms with Gasteiger partial charge in [-0.2, -0.15) is 0 Å². The van der Waals surface area contributed by atoms with Crippen LogP contribution in [0.4, 0.5) is 5.82 Å². The second-order valence-corrected chi connectivity index (χ2v) is 17.7. The third kappa shape index (κ3) is 7.31. The topological polar surface area (TPSA) is 91.5 Å². The van der Waals surface area contributed by atoms with E-state index in [1.165, 1.54) is 0 Å². The predicted molar refractivity (Wildman–Crippen MR) is 167 cm³/mol. The number of aryl methyl sites for hydroxylation is 2. The molecule has 0 spiro atoms. The Labute approximate surface area is 250 Å². The first-order valence-electron chi connectivity index (χ1n) is 14.3. The predicted octanol–water partition coefficient (Wildman–Crippen LogP) is 7.96. The lowest BCUT2D eigenvalue weighted by molar-refractivity contribution is 0.0231. The minimum atomic E-state index is -1.97. The Hall–Kier alpha value is -2.46. The molecule has 1 saturated heterocycles. The molecular formula is C31H44ClN4O4Si. The second kappa shape index (κ2) is 12.4. The van der Waals surface area contributed by atoms with Crippen molar-refractivity contribution < 1.29 is 18.4 Å². The van der Waals surface area contributed by atoms with Gasteiger partial charge in [0, 0.05) is 23.8 Å². The van der Waals surface area contributed by atoms with E-state index in [4.69, 9.17) is 40.0 Å². The standard InChI is InChI=1S/C31H44ClN4O4Si/c1-18-15-23(13-14-37-18)33-29-20(3)28(27-21(4)36-39-22(27)5)34-30(35-29)25-16-24(11-12-26(25)32)38-17-19(2)40-41(9,10)31(6,7)8/h11-12,16,18-19,23H,2,13-15,17H2,1,3-10H3,(H,33,34,35)/t18-,19?,23-/m1/s1. The third-order valence-corrected chi connectivity index (χ3v) is 13.0. The van der Waals surface area contributed by atoms with Gasteiger partial charge in [-0.25, -0.2) is 9.97 Å². The number of aromatic nitrogens is 3. The molecule has 41 heavy (non-hydrogen) atoms. The lowest BCUT2D eigenvalue weighted by Gasteiger charge is -2.38. The molecule has 1 aliphatic heterocycles. The SMILES string of the molecule is [CH2]C(COc1ccc(Cl)c(-c2nc(N[C@@H]3CCO[C@H](C)C3)c(C)c(-c3c(C)noc3C)n2)c1)O[Si](C)(C)C(C)(C)C. The maximum absolute atomic E-state index is 6.74. The molecule has 1 unspecified atom stereocenters. The summed E-state index contributed by atoms with van der Waals surface area (Å²) in [7, 11) is -1.97. The van der Waals surface area contributed by atoms with Crippen LogP contribution < -0.4 is 10.1 Å². The van der Waals surface area contributed by atoms with Crippen molar-refractivity contribution >= 4 is 25.7 Å². The van der Waals surface area contributed by atoms with Gasteiger partial charge in [-0.3, -0.25) is 0 Å². The fourth-order valence-electron chi connectivity index (χ4n) is 4.75. The summed E-state index contributed by atoms with van der Waals surface area (Å²) in [5, 5.41) is 8.45. The molecule has 3 heterocycles. The minimum absolute atomic E-state index is 0.0898. The van der Waals surface area contributed by atoms with E-state index < -0.39 is 8.32 Å². The molecular weight excluding hydrogens is 556 g/mol. The Morgan fingerprint density at radius 2 is 1.93 bits per heavy atom. The number of nitrogens with one attached hydrogen (secondary N) is 1. The van der Waals surface area contributed by atoms with Crippen LogP contribution in [-0.4, -0.2) is 54.9 Å². The zero-order valence-corrected chi connectivity index (χ0v) is 27.6. The van der Waals surface area contributed by atoms with Gasteiger partial charge in [0.1, 0.15) is 23.9 Å². The molecule has 10 heteroatoms. The second-order valence-electron chi connectivity index (χ2n) is 12.6. The van der Waals surface area contributed by atoms with E-state index in [0.29, 0.717) is 41.1 Å². The third-order valence-electron chi connectivity index (χ3n) is 8.12. The van der Waals surface area contributed by atoms with Gasteiger partial charge in [0.2, 0.25) is 0 Å². The highest BCUT2D eigenvalue weighted by Gasteiger charge is 2.38. The fourth-order valence-corrected chi connectivity index (χ4v) is 6.20. The summed E-state index contributed by atoms with van der Waals surface area (Å²) in [6, 6.07) is 5.77. The summed E-state index contributed by atoms with van der Waals surface area (Å²) in [6.07, 6.45) is 1.68. The van der Waals surface area contributed by atoms with Crippen molar-refractivity contribution in [1.82, 2.24) is 15.1 Å². The molecule has 8 nitrogen and oxygen atoms in total. The van der Waals surface area contributed by atoms with Crippen LogP contribution in [0.15, 0.2) is 22.7 Å². The maximum atomic E-state index is 6.74. The lowest BCUT2D eigenvalue weighted by atomic mass is 10.0. The van der Waals surface area contributed by atoms with E-state index in [0.717, 1.165) is 41.2 Å². The molecule has 3 aromatic rings. The van der Waals surface area contributed by atoms with Crippen LogP contribution in [-0.2, 0) is 9.16 Å². The molecule has 4 rings (SSSR count). The molecule has 0 bridgehead atoms. The molecule has 0 aliphatic carbocycles. The van der Waals surface area contributed by atoms with Crippen LogP contribution in [0.25, 0.3) is 22.6 Å². The van der Waals surface area contributed by atoms with Crippen LogP contribution in [0.5, 0.6) is 5.75 Å². The summed E-state index contributed by atoms with van der Waals surface area (Å²) >= 11 is 6.74. The van der Waals surface area contributed by atoms with Crippen LogP contribution in [0, 0.1) is 27.7 Å². The summed E-state index contributed by atoms with van der Waals surface area (Å²) in [5.74, 6) is 2.60. The zero-order chi connectivity index (χ0) is 30.1. The smallest absolute Gasteiger partial charge is 0.192 e. The zero-order valence-electron chi connectivity index (χ0n) is 25.9. The van der Waals surface area contributed by atoms with Gasteiger partial charge in [0.05, 0.1) is 34.2 Å².